The monoisotopic (exact) mass is 283 g/mol. The fourth-order valence-corrected chi connectivity index (χ4v) is 2.56. The summed E-state index contributed by atoms with van der Waals surface area (Å²) in [6.07, 6.45) is 0.805. The molecule has 0 aliphatic heterocycles. The lowest BCUT2D eigenvalue weighted by atomic mass is 10.3. The van der Waals surface area contributed by atoms with E-state index >= 15 is 0 Å². The molecule has 0 amide bonds. The molecular formula is C17H18FN3. The molecule has 0 atom stereocenters. The van der Waals surface area contributed by atoms with E-state index in [-0.39, 0.29) is 5.82 Å². The maximum atomic E-state index is 13.4. The van der Waals surface area contributed by atoms with Gasteiger partial charge in [0.25, 0.3) is 0 Å². The predicted octanol–water partition coefficient (Wildman–Crippen LogP) is 3.85. The molecule has 0 unspecified atom stereocenters. The first kappa shape index (κ1) is 13.6. The largest absolute Gasteiger partial charge is 0.385 e. The molecule has 0 aliphatic carbocycles. The van der Waals surface area contributed by atoms with Crippen molar-refractivity contribution in [3.63, 3.8) is 0 Å². The van der Waals surface area contributed by atoms with Crippen LogP contribution in [0.4, 0.5) is 10.1 Å². The number of fused-ring (bicyclic) bond motifs is 1. The molecule has 1 N–H and O–H groups in total. The summed E-state index contributed by atoms with van der Waals surface area (Å²) in [5, 5.41) is 3.37. The number of hydrogen-bond acceptors (Lipinski definition) is 2. The average molecular weight is 283 g/mol. The fourth-order valence-electron chi connectivity index (χ4n) is 2.56. The van der Waals surface area contributed by atoms with Crippen LogP contribution in [0.3, 0.4) is 0 Å². The number of nitrogens with one attached hydrogen (secondary N) is 1. The van der Waals surface area contributed by atoms with Crippen LogP contribution in [-0.4, -0.2) is 16.1 Å². The van der Waals surface area contributed by atoms with Crippen LogP contribution in [0.5, 0.6) is 0 Å². The van der Waals surface area contributed by atoms with Gasteiger partial charge < -0.3 is 9.88 Å². The molecule has 0 bridgehead atoms. The van der Waals surface area contributed by atoms with Crippen LogP contribution >= 0.6 is 0 Å². The topological polar surface area (TPSA) is 29.9 Å². The average Bonchev–Trinajstić information content (AvgIpc) is 2.85. The number of rotatable bonds is 5. The Bertz CT molecular complexity index is 734. The van der Waals surface area contributed by atoms with E-state index in [1.165, 1.54) is 6.07 Å². The fraction of sp³-hybridized carbons (Fsp3) is 0.235. The number of halogens is 1. The highest BCUT2D eigenvalue weighted by Crippen LogP contribution is 2.18. The Morgan fingerprint density at radius 2 is 1.95 bits per heavy atom. The van der Waals surface area contributed by atoms with Gasteiger partial charge >= 0.3 is 0 Å². The van der Waals surface area contributed by atoms with Crippen LogP contribution in [-0.2, 0) is 13.0 Å². The predicted molar refractivity (Wildman–Crippen MR) is 84.0 cm³/mol. The van der Waals surface area contributed by atoms with Gasteiger partial charge in [-0.15, -0.1) is 0 Å². The van der Waals surface area contributed by atoms with Crippen molar-refractivity contribution in [1.29, 1.82) is 0 Å². The maximum absolute atomic E-state index is 13.4. The van der Waals surface area contributed by atoms with Crippen LogP contribution in [0, 0.1) is 5.82 Å². The highest BCUT2D eigenvalue weighted by Gasteiger charge is 2.09. The van der Waals surface area contributed by atoms with Gasteiger partial charge in [0.1, 0.15) is 11.6 Å². The first-order chi connectivity index (χ1) is 10.3. The molecule has 3 rings (SSSR count). The third-order valence-corrected chi connectivity index (χ3v) is 3.56. The maximum Gasteiger partial charge on any atom is 0.125 e. The Morgan fingerprint density at radius 1 is 1.14 bits per heavy atom. The Morgan fingerprint density at radius 3 is 2.71 bits per heavy atom. The van der Waals surface area contributed by atoms with Gasteiger partial charge in [0, 0.05) is 25.2 Å². The number of hydrogen-bond donors (Lipinski definition) is 1. The Kier molecular flexibility index (Phi) is 3.86. The number of anilines is 1. The van der Waals surface area contributed by atoms with Crippen LogP contribution in [0.2, 0.25) is 0 Å². The van der Waals surface area contributed by atoms with E-state index < -0.39 is 0 Å². The van der Waals surface area contributed by atoms with E-state index in [0.717, 1.165) is 42.1 Å². The second-order valence-electron chi connectivity index (χ2n) is 4.95. The van der Waals surface area contributed by atoms with E-state index in [2.05, 4.69) is 21.8 Å². The van der Waals surface area contributed by atoms with Gasteiger partial charge in [-0.25, -0.2) is 9.37 Å². The van der Waals surface area contributed by atoms with Gasteiger partial charge in [-0.05, 0) is 37.3 Å². The zero-order valence-corrected chi connectivity index (χ0v) is 12.0. The second kappa shape index (κ2) is 5.95. The number of nitrogens with zero attached hydrogens (tertiary/aromatic N) is 2. The van der Waals surface area contributed by atoms with Crippen molar-refractivity contribution in [2.75, 3.05) is 11.9 Å². The number of imidazole rings is 1. The van der Waals surface area contributed by atoms with E-state index in [0.29, 0.717) is 0 Å². The Hall–Kier alpha value is -2.36. The van der Waals surface area contributed by atoms with Crippen molar-refractivity contribution in [1.82, 2.24) is 9.55 Å². The number of benzene rings is 2. The SMILES string of the molecule is CCn1c(CCNc2ccccc2)nc2ccc(F)cc21. The lowest BCUT2D eigenvalue weighted by Gasteiger charge is -2.08. The van der Waals surface area contributed by atoms with Crippen molar-refractivity contribution in [2.45, 2.75) is 19.9 Å². The zero-order chi connectivity index (χ0) is 14.7. The molecule has 4 heteroatoms. The molecule has 21 heavy (non-hydrogen) atoms. The van der Waals surface area contributed by atoms with Crippen LogP contribution in [0.15, 0.2) is 48.5 Å². The Balaban J connectivity index is 1.77. The van der Waals surface area contributed by atoms with Crippen molar-refractivity contribution in [2.24, 2.45) is 0 Å². The molecular weight excluding hydrogens is 265 g/mol. The Labute approximate surface area is 123 Å². The zero-order valence-electron chi connectivity index (χ0n) is 12.0. The molecule has 1 heterocycles. The quantitative estimate of drug-likeness (QED) is 0.770. The van der Waals surface area contributed by atoms with E-state index in [1.807, 2.05) is 30.3 Å². The molecule has 0 radical (unpaired) electrons. The second-order valence-corrected chi connectivity index (χ2v) is 4.95. The van der Waals surface area contributed by atoms with Gasteiger partial charge in [0.15, 0.2) is 0 Å². The lowest BCUT2D eigenvalue weighted by molar-refractivity contribution is 0.627. The van der Waals surface area contributed by atoms with E-state index in [9.17, 15) is 4.39 Å². The third kappa shape index (κ3) is 2.89. The molecule has 0 saturated heterocycles. The van der Waals surface area contributed by atoms with Gasteiger partial charge in [0.05, 0.1) is 11.0 Å². The molecule has 0 fully saturated rings. The van der Waals surface area contributed by atoms with Gasteiger partial charge in [-0.3, -0.25) is 0 Å². The highest BCUT2D eigenvalue weighted by molar-refractivity contribution is 5.76. The van der Waals surface area contributed by atoms with Crippen molar-refractivity contribution < 1.29 is 4.39 Å². The summed E-state index contributed by atoms with van der Waals surface area (Å²) in [5.41, 5.74) is 2.82. The summed E-state index contributed by atoms with van der Waals surface area (Å²) >= 11 is 0. The summed E-state index contributed by atoms with van der Waals surface area (Å²) in [6.45, 7) is 3.65. The lowest BCUT2D eigenvalue weighted by Crippen LogP contribution is -2.10. The molecule has 2 aromatic carbocycles. The molecule has 0 saturated carbocycles. The molecule has 0 spiro atoms. The van der Waals surface area contributed by atoms with E-state index in [1.54, 1.807) is 12.1 Å². The summed E-state index contributed by atoms with van der Waals surface area (Å²) < 4.78 is 15.5. The van der Waals surface area contributed by atoms with Crippen LogP contribution in [0.1, 0.15) is 12.7 Å². The minimum atomic E-state index is -0.217. The standard InChI is InChI=1S/C17H18FN3/c1-2-21-16-12-13(18)8-9-15(16)20-17(21)10-11-19-14-6-4-3-5-7-14/h3-9,12,19H,2,10-11H2,1H3. The smallest absolute Gasteiger partial charge is 0.125 e. The molecule has 1 aromatic heterocycles. The van der Waals surface area contributed by atoms with Gasteiger partial charge in [-0.2, -0.15) is 0 Å². The van der Waals surface area contributed by atoms with Crippen LogP contribution < -0.4 is 5.32 Å². The number of aryl methyl sites for hydroxylation is 1. The minimum absolute atomic E-state index is 0.217. The van der Waals surface area contributed by atoms with Crippen molar-refractivity contribution in [3.05, 3.63) is 60.2 Å². The first-order valence-electron chi connectivity index (χ1n) is 7.21. The minimum Gasteiger partial charge on any atom is -0.385 e. The summed E-state index contributed by atoms with van der Waals surface area (Å²) in [7, 11) is 0. The van der Waals surface area contributed by atoms with Crippen molar-refractivity contribution in [3.8, 4) is 0 Å². The first-order valence-corrected chi connectivity index (χ1v) is 7.21. The summed E-state index contributed by atoms with van der Waals surface area (Å²) in [4.78, 5) is 4.61. The van der Waals surface area contributed by atoms with Gasteiger partial charge in [-0.1, -0.05) is 18.2 Å². The third-order valence-electron chi connectivity index (χ3n) is 3.56. The molecule has 3 nitrogen and oxygen atoms in total. The summed E-state index contributed by atoms with van der Waals surface area (Å²) in [5.74, 6) is 0.771. The van der Waals surface area contributed by atoms with Gasteiger partial charge in [0.2, 0.25) is 0 Å². The normalized spacial score (nSPS) is 11.0. The molecule has 0 aliphatic rings. The van der Waals surface area contributed by atoms with E-state index in [4.69, 9.17) is 0 Å². The van der Waals surface area contributed by atoms with Crippen LogP contribution in [0.25, 0.3) is 11.0 Å². The summed E-state index contributed by atoms with van der Waals surface area (Å²) in [6, 6.07) is 14.8. The molecule has 108 valence electrons. The van der Waals surface area contributed by atoms with Crippen molar-refractivity contribution >= 4 is 16.7 Å². The molecule has 3 aromatic rings. The highest BCUT2D eigenvalue weighted by atomic mass is 19.1. The number of aromatic nitrogens is 2. The number of para-hydroxylation sites is 1.